The number of aryl methyl sites for hydroxylation is 1. The second-order valence-electron chi connectivity index (χ2n) is 8.67. The van der Waals surface area contributed by atoms with E-state index in [2.05, 4.69) is 12.2 Å². The Kier molecular flexibility index (Phi) is 4.47. The van der Waals surface area contributed by atoms with Gasteiger partial charge in [0, 0.05) is 23.4 Å². The van der Waals surface area contributed by atoms with Crippen LogP contribution in [0.25, 0.3) is 10.9 Å². The van der Waals surface area contributed by atoms with Gasteiger partial charge >= 0.3 is 0 Å². The van der Waals surface area contributed by atoms with Crippen molar-refractivity contribution in [2.45, 2.75) is 37.5 Å². The lowest BCUT2D eigenvalue weighted by Crippen LogP contribution is -2.39. The molecule has 3 aliphatic carbocycles. The van der Waals surface area contributed by atoms with Crippen molar-refractivity contribution in [2.75, 3.05) is 0 Å². The molecule has 5 heteroatoms. The van der Waals surface area contributed by atoms with E-state index >= 15 is 0 Å². The third kappa shape index (κ3) is 2.87. The summed E-state index contributed by atoms with van der Waals surface area (Å²) in [7, 11) is -3.74. The molecule has 4 atom stereocenters. The second kappa shape index (κ2) is 6.95. The van der Waals surface area contributed by atoms with Crippen LogP contribution in [0.15, 0.2) is 71.8 Å². The normalized spacial score (nSPS) is 25.7. The van der Waals surface area contributed by atoms with E-state index in [1.807, 2.05) is 43.3 Å². The largest absolute Gasteiger partial charge is 0.300 e. The number of hydrogen-bond acceptors (Lipinski definition) is 3. The van der Waals surface area contributed by atoms with Crippen LogP contribution in [0.4, 0.5) is 0 Å². The Morgan fingerprint density at radius 1 is 0.967 bits per heavy atom. The summed E-state index contributed by atoms with van der Waals surface area (Å²) in [6.45, 7) is 3.61. The van der Waals surface area contributed by atoms with Crippen molar-refractivity contribution in [1.29, 1.82) is 0 Å². The highest BCUT2D eigenvalue weighted by Crippen LogP contribution is 2.52. The minimum absolute atomic E-state index is 0.0191. The van der Waals surface area contributed by atoms with Crippen LogP contribution in [0, 0.1) is 24.7 Å². The summed E-state index contributed by atoms with van der Waals surface area (Å²) in [5.41, 5.74) is 2.66. The fourth-order valence-electron chi connectivity index (χ4n) is 5.44. The first-order chi connectivity index (χ1) is 14.4. The minimum atomic E-state index is -3.74. The number of benzene rings is 2. The molecule has 0 N–H and O–H groups in total. The van der Waals surface area contributed by atoms with Crippen molar-refractivity contribution in [2.24, 2.45) is 17.8 Å². The van der Waals surface area contributed by atoms with Crippen LogP contribution in [-0.4, -0.2) is 18.2 Å². The van der Waals surface area contributed by atoms with E-state index in [4.69, 9.17) is 0 Å². The van der Waals surface area contributed by atoms with Crippen molar-refractivity contribution in [3.8, 4) is 0 Å². The number of nitrogens with zero attached hydrogens (tertiary/aromatic N) is 1. The van der Waals surface area contributed by atoms with E-state index in [0.29, 0.717) is 5.52 Å². The highest BCUT2D eigenvalue weighted by Gasteiger charge is 2.45. The number of Topliss-reactive ketones (excluding diaryl/α,β-unsaturated/α-hetero) is 1. The molecule has 0 amide bonds. The van der Waals surface area contributed by atoms with Crippen molar-refractivity contribution < 1.29 is 13.2 Å². The van der Waals surface area contributed by atoms with Gasteiger partial charge in [-0.15, -0.1) is 0 Å². The molecule has 1 fully saturated rings. The third-order valence-corrected chi connectivity index (χ3v) is 8.55. The molecule has 2 aromatic carbocycles. The first-order valence-electron chi connectivity index (χ1n) is 10.5. The molecule has 1 aromatic heterocycles. The van der Waals surface area contributed by atoms with Crippen LogP contribution >= 0.6 is 0 Å². The van der Waals surface area contributed by atoms with E-state index in [1.54, 1.807) is 25.3 Å². The molecule has 1 saturated carbocycles. The minimum Gasteiger partial charge on any atom is -0.300 e. The van der Waals surface area contributed by atoms with E-state index < -0.39 is 10.0 Å². The second-order valence-corrected chi connectivity index (χ2v) is 10.5. The van der Waals surface area contributed by atoms with Crippen molar-refractivity contribution in [3.05, 3.63) is 78.0 Å². The zero-order chi connectivity index (χ0) is 21.0. The number of rotatable bonds is 4. The van der Waals surface area contributed by atoms with Gasteiger partial charge in [-0.3, -0.25) is 4.79 Å². The van der Waals surface area contributed by atoms with Gasteiger partial charge in [-0.2, -0.15) is 0 Å². The molecule has 30 heavy (non-hydrogen) atoms. The Morgan fingerprint density at radius 2 is 1.63 bits per heavy atom. The van der Waals surface area contributed by atoms with Crippen LogP contribution in [0.3, 0.4) is 0 Å². The predicted octanol–water partition coefficient (Wildman–Crippen LogP) is 5.07. The molecular weight excluding hydrogens is 394 g/mol. The first kappa shape index (κ1) is 19.3. The number of para-hydroxylation sites is 1. The summed E-state index contributed by atoms with van der Waals surface area (Å²) in [5.74, 6) is 0.636. The number of aromatic nitrogens is 1. The molecule has 4 nitrogen and oxygen atoms in total. The Labute approximate surface area is 177 Å². The monoisotopic (exact) mass is 419 g/mol. The number of fused-ring (bicyclic) bond motifs is 3. The molecular formula is C25H25NO3S. The Morgan fingerprint density at radius 3 is 2.30 bits per heavy atom. The Hall–Kier alpha value is -2.66. The maximum Gasteiger partial charge on any atom is 0.268 e. The highest BCUT2D eigenvalue weighted by molar-refractivity contribution is 7.90. The van der Waals surface area contributed by atoms with E-state index in [-0.39, 0.29) is 34.4 Å². The molecule has 0 aliphatic heterocycles. The van der Waals surface area contributed by atoms with Crippen LogP contribution in [0.5, 0.6) is 0 Å². The summed E-state index contributed by atoms with van der Waals surface area (Å²) in [6, 6.07) is 14.6. The van der Waals surface area contributed by atoms with Crippen molar-refractivity contribution >= 4 is 26.7 Å². The van der Waals surface area contributed by atoms with Crippen LogP contribution in [0.2, 0.25) is 0 Å². The van der Waals surface area contributed by atoms with Crippen LogP contribution < -0.4 is 0 Å². The van der Waals surface area contributed by atoms with Gasteiger partial charge in [-0.25, -0.2) is 12.4 Å². The fourth-order valence-corrected chi connectivity index (χ4v) is 6.81. The number of carbonyl (C=O) groups excluding carboxylic acids is 1. The van der Waals surface area contributed by atoms with E-state index in [1.165, 1.54) is 3.97 Å². The van der Waals surface area contributed by atoms with Gasteiger partial charge in [0.1, 0.15) is 5.78 Å². The number of hydrogen-bond donors (Lipinski definition) is 0. The topological polar surface area (TPSA) is 56.1 Å². The van der Waals surface area contributed by atoms with Gasteiger partial charge < -0.3 is 0 Å². The quantitative estimate of drug-likeness (QED) is 0.555. The molecule has 2 bridgehead atoms. The lowest BCUT2D eigenvalue weighted by atomic mass is 9.59. The molecule has 6 rings (SSSR count). The first-order valence-corrected chi connectivity index (χ1v) is 11.9. The average Bonchev–Trinajstić information content (AvgIpc) is 3.14. The van der Waals surface area contributed by atoms with Gasteiger partial charge in [0.2, 0.25) is 0 Å². The molecule has 3 aromatic rings. The molecule has 0 saturated heterocycles. The standard InChI is InChI=1S/C25H25NO3S/c1-16-7-13-20(14-8-16)30(28,29)26-15-22(21-5-3-4-6-23(21)26)25-19-11-9-18(10-12-19)24(25)17(2)27/h3-9,11,13-15,18-19,24-25H,10,12H2,1-2H3. The summed E-state index contributed by atoms with van der Waals surface area (Å²) < 4.78 is 28.4. The molecule has 154 valence electrons. The number of carbonyl (C=O) groups is 1. The zero-order valence-electron chi connectivity index (χ0n) is 17.2. The fraction of sp³-hybridized carbons (Fsp3) is 0.320. The van der Waals surface area contributed by atoms with Crippen molar-refractivity contribution in [3.63, 3.8) is 0 Å². The smallest absolute Gasteiger partial charge is 0.268 e. The van der Waals surface area contributed by atoms with Crippen molar-refractivity contribution in [1.82, 2.24) is 3.97 Å². The third-order valence-electron chi connectivity index (χ3n) is 6.86. The molecule has 0 spiro atoms. The summed E-state index contributed by atoms with van der Waals surface area (Å²) in [4.78, 5) is 12.9. The van der Waals surface area contributed by atoms with Gasteiger partial charge in [-0.1, -0.05) is 48.0 Å². The molecule has 4 unspecified atom stereocenters. The molecule has 0 radical (unpaired) electrons. The average molecular weight is 420 g/mol. The predicted molar refractivity (Wildman–Crippen MR) is 118 cm³/mol. The molecule has 1 heterocycles. The van der Waals surface area contributed by atoms with E-state index in [0.717, 1.165) is 29.4 Å². The van der Waals surface area contributed by atoms with Gasteiger partial charge in [-0.05, 0) is 62.3 Å². The van der Waals surface area contributed by atoms with Crippen LogP contribution in [-0.2, 0) is 14.8 Å². The number of allylic oxidation sites excluding steroid dienone is 2. The molecule has 3 aliphatic rings. The van der Waals surface area contributed by atoms with E-state index in [9.17, 15) is 13.2 Å². The Balaban J connectivity index is 1.72. The number of ketones is 1. The summed E-state index contributed by atoms with van der Waals surface area (Å²) >= 11 is 0. The highest BCUT2D eigenvalue weighted by atomic mass is 32.2. The lowest BCUT2D eigenvalue weighted by molar-refractivity contribution is -0.124. The SMILES string of the molecule is CC(=O)C1C2C=CC(CC2)C1c1cn(S(=O)(=O)c2ccc(C)cc2)c2ccccc12. The lowest BCUT2D eigenvalue weighted by Gasteiger charge is -2.44. The van der Waals surface area contributed by atoms with Gasteiger partial charge in [0.05, 0.1) is 10.4 Å². The summed E-state index contributed by atoms with van der Waals surface area (Å²) in [6.07, 6.45) is 8.27. The zero-order valence-corrected chi connectivity index (χ0v) is 18.0. The van der Waals surface area contributed by atoms with Crippen LogP contribution in [0.1, 0.15) is 36.8 Å². The summed E-state index contributed by atoms with van der Waals surface area (Å²) in [5, 5.41) is 0.922. The van der Waals surface area contributed by atoms with Gasteiger partial charge in [0.25, 0.3) is 10.0 Å². The van der Waals surface area contributed by atoms with Gasteiger partial charge in [0.15, 0.2) is 0 Å². The maximum absolute atomic E-state index is 13.5. The maximum atomic E-state index is 13.5. The Bertz CT molecular complexity index is 1270.